The Morgan fingerprint density at radius 3 is 2.41 bits per heavy atom. The van der Waals surface area contributed by atoms with E-state index in [0.29, 0.717) is 16.8 Å². The summed E-state index contributed by atoms with van der Waals surface area (Å²) in [7, 11) is 2.91. The van der Waals surface area contributed by atoms with Gasteiger partial charge in [-0.15, -0.1) is 0 Å². The van der Waals surface area contributed by atoms with Gasteiger partial charge in [-0.05, 0) is 17.7 Å². The highest BCUT2D eigenvalue weighted by atomic mass is 79.9. The summed E-state index contributed by atoms with van der Waals surface area (Å²) >= 11 is 3.40. The minimum Gasteiger partial charge on any atom is -0.493 e. The normalized spacial score (nSPS) is 11.6. The summed E-state index contributed by atoms with van der Waals surface area (Å²) in [6.07, 6.45) is -0.838. The van der Waals surface area contributed by atoms with E-state index >= 15 is 0 Å². The predicted octanol–water partition coefficient (Wildman–Crippen LogP) is 3.88. The molecule has 4 nitrogen and oxygen atoms in total. The van der Waals surface area contributed by atoms with Gasteiger partial charge in [0.1, 0.15) is 0 Å². The van der Waals surface area contributed by atoms with Crippen LogP contribution in [0.2, 0.25) is 0 Å². The molecule has 0 aliphatic heterocycles. The van der Waals surface area contributed by atoms with Gasteiger partial charge >= 0.3 is 5.97 Å². The first kappa shape index (κ1) is 16.4. The molecule has 1 unspecified atom stereocenters. The van der Waals surface area contributed by atoms with Crippen molar-refractivity contribution in [1.82, 2.24) is 0 Å². The third-order valence-corrected chi connectivity index (χ3v) is 3.79. The molecular weight excluding hydrogens is 348 g/mol. The lowest BCUT2D eigenvalue weighted by Crippen LogP contribution is -2.20. The van der Waals surface area contributed by atoms with Crippen molar-refractivity contribution in [3.05, 3.63) is 59.7 Å². The van der Waals surface area contributed by atoms with E-state index in [2.05, 4.69) is 15.9 Å². The minimum atomic E-state index is -0.838. The van der Waals surface area contributed by atoms with Gasteiger partial charge in [-0.25, -0.2) is 4.79 Å². The molecule has 0 heterocycles. The SMILES string of the molecule is COC(=O)C(Oc1ccc(CBr)cc1OC)c1ccccc1. The number of carbonyl (C=O) groups excluding carboxylic acids is 1. The molecule has 0 N–H and O–H groups in total. The lowest BCUT2D eigenvalue weighted by atomic mass is 10.1. The Bertz CT molecular complexity index is 628. The lowest BCUT2D eigenvalue weighted by molar-refractivity contribution is -0.149. The molecule has 0 spiro atoms. The molecule has 1 atom stereocenters. The third kappa shape index (κ3) is 3.80. The van der Waals surface area contributed by atoms with Crippen LogP contribution in [0.5, 0.6) is 11.5 Å². The maximum atomic E-state index is 12.0. The Labute approximate surface area is 138 Å². The van der Waals surface area contributed by atoms with Crippen LogP contribution < -0.4 is 9.47 Å². The van der Waals surface area contributed by atoms with Gasteiger partial charge in [0.15, 0.2) is 11.5 Å². The summed E-state index contributed by atoms with van der Waals surface area (Å²) < 4.78 is 16.0. The second-order valence-electron chi connectivity index (χ2n) is 4.55. The average Bonchev–Trinajstić information content (AvgIpc) is 2.59. The van der Waals surface area contributed by atoms with E-state index in [1.807, 2.05) is 42.5 Å². The fourth-order valence-corrected chi connectivity index (χ4v) is 2.36. The summed E-state index contributed by atoms with van der Waals surface area (Å²) in [5.41, 5.74) is 1.78. The summed E-state index contributed by atoms with van der Waals surface area (Å²) in [5.74, 6) is 0.603. The Hall–Kier alpha value is -2.01. The summed E-state index contributed by atoms with van der Waals surface area (Å²) in [4.78, 5) is 12.0. The lowest BCUT2D eigenvalue weighted by Gasteiger charge is -2.19. The standard InChI is InChI=1S/C17H17BrO4/c1-20-15-10-12(11-18)8-9-14(15)22-16(17(19)21-2)13-6-4-3-5-7-13/h3-10,16H,11H2,1-2H3. The molecule has 0 amide bonds. The Balaban J connectivity index is 2.33. The van der Waals surface area contributed by atoms with Crippen molar-refractivity contribution >= 4 is 21.9 Å². The van der Waals surface area contributed by atoms with E-state index in [9.17, 15) is 4.79 Å². The monoisotopic (exact) mass is 364 g/mol. The molecule has 0 bridgehead atoms. The zero-order chi connectivity index (χ0) is 15.9. The Morgan fingerprint density at radius 2 is 1.82 bits per heavy atom. The van der Waals surface area contributed by atoms with Crippen molar-refractivity contribution in [2.75, 3.05) is 14.2 Å². The molecule has 2 aromatic rings. The van der Waals surface area contributed by atoms with E-state index < -0.39 is 12.1 Å². The molecule has 2 rings (SSSR count). The van der Waals surface area contributed by atoms with Crippen LogP contribution in [0, 0.1) is 0 Å². The molecular formula is C17H17BrO4. The van der Waals surface area contributed by atoms with Crippen LogP contribution in [0.4, 0.5) is 0 Å². The van der Waals surface area contributed by atoms with Crippen molar-refractivity contribution in [2.45, 2.75) is 11.4 Å². The van der Waals surface area contributed by atoms with Crippen molar-refractivity contribution in [1.29, 1.82) is 0 Å². The molecule has 0 aliphatic carbocycles. The third-order valence-electron chi connectivity index (χ3n) is 3.14. The molecule has 116 valence electrons. The molecule has 0 fully saturated rings. The Kier molecular flexibility index (Phi) is 5.83. The maximum absolute atomic E-state index is 12.0. The number of benzene rings is 2. The van der Waals surface area contributed by atoms with Gasteiger partial charge in [-0.3, -0.25) is 0 Å². The highest BCUT2D eigenvalue weighted by molar-refractivity contribution is 9.08. The average molecular weight is 365 g/mol. The van der Waals surface area contributed by atoms with Crippen LogP contribution in [-0.2, 0) is 14.9 Å². The van der Waals surface area contributed by atoms with Gasteiger partial charge in [-0.2, -0.15) is 0 Å². The number of rotatable bonds is 6. The zero-order valence-electron chi connectivity index (χ0n) is 12.4. The number of hydrogen-bond donors (Lipinski definition) is 0. The quantitative estimate of drug-likeness (QED) is 0.576. The van der Waals surface area contributed by atoms with E-state index in [1.165, 1.54) is 7.11 Å². The molecule has 5 heteroatoms. The first-order valence-corrected chi connectivity index (χ1v) is 7.84. The van der Waals surface area contributed by atoms with Crippen molar-refractivity contribution in [3.63, 3.8) is 0 Å². The smallest absolute Gasteiger partial charge is 0.351 e. The molecule has 0 radical (unpaired) electrons. The number of carbonyl (C=O) groups is 1. The van der Waals surface area contributed by atoms with Crippen LogP contribution in [0.15, 0.2) is 48.5 Å². The van der Waals surface area contributed by atoms with Gasteiger partial charge in [-0.1, -0.05) is 52.3 Å². The molecule has 22 heavy (non-hydrogen) atoms. The number of methoxy groups -OCH3 is 2. The van der Waals surface area contributed by atoms with Gasteiger partial charge in [0, 0.05) is 10.9 Å². The largest absolute Gasteiger partial charge is 0.493 e. The zero-order valence-corrected chi connectivity index (χ0v) is 14.0. The highest BCUT2D eigenvalue weighted by Crippen LogP contribution is 2.33. The highest BCUT2D eigenvalue weighted by Gasteiger charge is 2.24. The molecule has 0 aromatic heterocycles. The van der Waals surface area contributed by atoms with Crippen molar-refractivity contribution < 1.29 is 19.0 Å². The van der Waals surface area contributed by atoms with Crippen molar-refractivity contribution in [2.24, 2.45) is 0 Å². The molecule has 2 aromatic carbocycles. The number of halogens is 1. The van der Waals surface area contributed by atoms with E-state index in [4.69, 9.17) is 14.2 Å². The van der Waals surface area contributed by atoms with Crippen molar-refractivity contribution in [3.8, 4) is 11.5 Å². The maximum Gasteiger partial charge on any atom is 0.351 e. The van der Waals surface area contributed by atoms with E-state index in [1.54, 1.807) is 13.2 Å². The first-order valence-electron chi connectivity index (χ1n) is 6.72. The van der Waals surface area contributed by atoms with Crippen LogP contribution in [0.3, 0.4) is 0 Å². The number of ether oxygens (including phenoxy) is 3. The van der Waals surface area contributed by atoms with Crippen LogP contribution in [0.25, 0.3) is 0 Å². The second kappa shape index (κ2) is 7.84. The number of alkyl halides is 1. The van der Waals surface area contributed by atoms with Crippen LogP contribution in [-0.4, -0.2) is 20.2 Å². The fraction of sp³-hybridized carbons (Fsp3) is 0.235. The number of hydrogen-bond acceptors (Lipinski definition) is 4. The van der Waals surface area contributed by atoms with Gasteiger partial charge in [0.2, 0.25) is 6.10 Å². The van der Waals surface area contributed by atoms with E-state index in [-0.39, 0.29) is 0 Å². The first-order chi connectivity index (χ1) is 10.7. The minimum absolute atomic E-state index is 0.460. The summed E-state index contributed by atoms with van der Waals surface area (Å²) in [6.45, 7) is 0. The predicted molar refractivity (Wildman–Crippen MR) is 87.5 cm³/mol. The van der Waals surface area contributed by atoms with Crippen LogP contribution in [0.1, 0.15) is 17.2 Å². The molecule has 0 saturated carbocycles. The van der Waals surface area contributed by atoms with Gasteiger partial charge in [0.05, 0.1) is 14.2 Å². The summed E-state index contributed by atoms with van der Waals surface area (Å²) in [5, 5.41) is 0.711. The summed E-state index contributed by atoms with van der Waals surface area (Å²) in [6, 6.07) is 14.8. The van der Waals surface area contributed by atoms with E-state index in [0.717, 1.165) is 11.1 Å². The molecule has 0 aliphatic rings. The topological polar surface area (TPSA) is 44.8 Å². The number of esters is 1. The fourth-order valence-electron chi connectivity index (χ4n) is 2.01. The van der Waals surface area contributed by atoms with Crippen LogP contribution >= 0.6 is 15.9 Å². The van der Waals surface area contributed by atoms with Gasteiger partial charge < -0.3 is 14.2 Å². The molecule has 0 saturated heterocycles. The second-order valence-corrected chi connectivity index (χ2v) is 5.11. The van der Waals surface area contributed by atoms with Gasteiger partial charge in [0.25, 0.3) is 0 Å². The Morgan fingerprint density at radius 1 is 1.09 bits per heavy atom.